The van der Waals surface area contributed by atoms with Crippen molar-refractivity contribution < 1.29 is 14.3 Å². The van der Waals surface area contributed by atoms with Gasteiger partial charge in [-0.2, -0.15) is 0 Å². The van der Waals surface area contributed by atoms with Crippen molar-refractivity contribution in [1.29, 1.82) is 0 Å². The first kappa shape index (κ1) is 15.6. The Morgan fingerprint density at radius 2 is 1.79 bits per heavy atom. The maximum Gasteiger partial charge on any atom is 0.257 e. The second-order valence-corrected chi connectivity index (χ2v) is 6.82. The van der Waals surface area contributed by atoms with Crippen molar-refractivity contribution in [3.8, 4) is 11.5 Å². The molecule has 2 aromatic carbocycles. The Morgan fingerprint density at radius 1 is 1.04 bits per heavy atom. The van der Waals surface area contributed by atoms with E-state index < -0.39 is 5.79 Å². The molecule has 1 aliphatic heterocycles. The summed E-state index contributed by atoms with van der Waals surface area (Å²) in [5.74, 6) is 0.542. The highest BCUT2D eigenvalue weighted by Crippen LogP contribution is 2.47. The molecule has 4 nitrogen and oxygen atoms in total. The summed E-state index contributed by atoms with van der Waals surface area (Å²) in [5, 5.41) is 3.40. The van der Waals surface area contributed by atoms with Crippen LogP contribution in [0.2, 0.25) is 10.0 Å². The van der Waals surface area contributed by atoms with E-state index in [1.807, 2.05) is 6.07 Å². The van der Waals surface area contributed by atoms with Crippen LogP contribution in [0.25, 0.3) is 0 Å². The van der Waals surface area contributed by atoms with Crippen molar-refractivity contribution in [3.05, 3.63) is 52.0 Å². The lowest BCUT2D eigenvalue weighted by Crippen LogP contribution is -2.34. The highest BCUT2D eigenvalue weighted by Gasteiger charge is 2.44. The molecular formula is C18H15Cl2NO3. The average Bonchev–Trinajstić information content (AvgIpc) is 3.15. The molecule has 0 bridgehead atoms. The van der Waals surface area contributed by atoms with E-state index in [-0.39, 0.29) is 10.9 Å². The van der Waals surface area contributed by atoms with E-state index in [2.05, 4.69) is 5.32 Å². The van der Waals surface area contributed by atoms with Gasteiger partial charge in [-0.25, -0.2) is 0 Å². The van der Waals surface area contributed by atoms with Gasteiger partial charge in [-0.15, -0.1) is 0 Å². The van der Waals surface area contributed by atoms with Gasteiger partial charge < -0.3 is 14.8 Å². The Morgan fingerprint density at radius 3 is 2.58 bits per heavy atom. The molecule has 1 N–H and O–H groups in total. The van der Waals surface area contributed by atoms with Crippen LogP contribution in [0.4, 0.5) is 5.69 Å². The van der Waals surface area contributed by atoms with Crippen molar-refractivity contribution >= 4 is 34.8 Å². The van der Waals surface area contributed by atoms with Gasteiger partial charge in [0.1, 0.15) is 0 Å². The van der Waals surface area contributed by atoms with E-state index in [4.69, 9.17) is 32.7 Å². The first-order valence-electron chi connectivity index (χ1n) is 7.84. The maximum atomic E-state index is 12.4. The van der Waals surface area contributed by atoms with Crippen molar-refractivity contribution in [3.63, 3.8) is 0 Å². The molecule has 0 unspecified atom stereocenters. The fourth-order valence-corrected chi connectivity index (χ4v) is 3.55. The van der Waals surface area contributed by atoms with Gasteiger partial charge in [0.2, 0.25) is 0 Å². The molecule has 1 aliphatic carbocycles. The van der Waals surface area contributed by atoms with Gasteiger partial charge >= 0.3 is 0 Å². The number of fused-ring (bicyclic) bond motifs is 1. The van der Waals surface area contributed by atoms with Crippen molar-refractivity contribution in [2.24, 2.45) is 0 Å². The molecule has 1 saturated carbocycles. The van der Waals surface area contributed by atoms with E-state index in [0.29, 0.717) is 22.0 Å². The molecule has 4 rings (SSSR count). The predicted octanol–water partition coefficient (Wildman–Crippen LogP) is 5.29. The predicted molar refractivity (Wildman–Crippen MR) is 93.3 cm³/mol. The van der Waals surface area contributed by atoms with Gasteiger partial charge in [0.05, 0.1) is 15.6 Å². The van der Waals surface area contributed by atoms with Gasteiger partial charge in [0.15, 0.2) is 11.5 Å². The molecule has 2 aliphatic rings. The number of hydrogen-bond donors (Lipinski definition) is 1. The summed E-state index contributed by atoms with van der Waals surface area (Å²) < 4.78 is 12.0. The normalized spacial score (nSPS) is 17.2. The van der Waals surface area contributed by atoms with Crippen LogP contribution < -0.4 is 14.8 Å². The van der Waals surface area contributed by atoms with Crippen LogP contribution in [0.1, 0.15) is 36.0 Å². The number of carbonyl (C=O) groups excluding carboxylic acids is 1. The number of nitrogens with one attached hydrogen (secondary N) is 1. The third-order valence-corrected chi connectivity index (χ3v) is 5.17. The molecular weight excluding hydrogens is 349 g/mol. The van der Waals surface area contributed by atoms with E-state index in [9.17, 15) is 4.79 Å². The minimum Gasteiger partial charge on any atom is -0.448 e. The van der Waals surface area contributed by atoms with Crippen LogP contribution in [0.3, 0.4) is 0 Å². The number of anilines is 1. The van der Waals surface area contributed by atoms with Crippen LogP contribution in [0, 0.1) is 0 Å². The van der Waals surface area contributed by atoms with Gasteiger partial charge in [-0.1, -0.05) is 29.3 Å². The van der Waals surface area contributed by atoms with Crippen molar-refractivity contribution in [1.82, 2.24) is 0 Å². The minimum absolute atomic E-state index is 0.238. The fraction of sp³-hybridized carbons (Fsp3) is 0.278. The quantitative estimate of drug-likeness (QED) is 0.788. The zero-order chi connectivity index (χ0) is 16.7. The van der Waals surface area contributed by atoms with Gasteiger partial charge in [-0.3, -0.25) is 4.79 Å². The van der Waals surface area contributed by atoms with E-state index >= 15 is 0 Å². The number of ether oxygens (including phenoxy) is 2. The summed E-state index contributed by atoms with van der Waals surface area (Å²) in [6, 6.07) is 10.3. The zero-order valence-electron chi connectivity index (χ0n) is 12.8. The molecule has 0 aromatic heterocycles. The number of halogens is 2. The molecule has 0 atom stereocenters. The first-order valence-corrected chi connectivity index (χ1v) is 8.59. The molecule has 124 valence electrons. The molecule has 24 heavy (non-hydrogen) atoms. The lowest BCUT2D eigenvalue weighted by molar-refractivity contribution is -0.0716. The minimum atomic E-state index is -0.513. The maximum absolute atomic E-state index is 12.4. The van der Waals surface area contributed by atoms with Crippen LogP contribution in [-0.2, 0) is 0 Å². The number of carbonyl (C=O) groups is 1. The number of benzene rings is 2. The number of rotatable bonds is 2. The highest BCUT2D eigenvalue weighted by atomic mass is 35.5. The second kappa shape index (κ2) is 5.87. The molecule has 1 spiro atoms. The summed E-state index contributed by atoms with van der Waals surface area (Å²) in [6.45, 7) is 0. The summed E-state index contributed by atoms with van der Waals surface area (Å²) in [6.07, 6.45) is 3.98. The Kier molecular flexibility index (Phi) is 3.82. The van der Waals surface area contributed by atoms with Gasteiger partial charge in [0, 0.05) is 24.6 Å². The van der Waals surface area contributed by atoms with E-state index in [1.165, 1.54) is 0 Å². The Balaban J connectivity index is 1.55. The SMILES string of the molecule is O=C(Nc1ccc2c(c1)OC1(CCCC1)O2)c1cccc(Cl)c1Cl. The van der Waals surface area contributed by atoms with Crippen LogP contribution in [0.5, 0.6) is 11.5 Å². The topological polar surface area (TPSA) is 47.6 Å². The van der Waals surface area contributed by atoms with Gasteiger partial charge in [0.25, 0.3) is 11.7 Å². The average molecular weight is 364 g/mol. The molecule has 0 radical (unpaired) electrons. The monoisotopic (exact) mass is 363 g/mol. The number of amides is 1. The fourth-order valence-electron chi connectivity index (χ4n) is 3.17. The molecule has 0 saturated heterocycles. The second-order valence-electron chi connectivity index (χ2n) is 6.04. The molecule has 1 heterocycles. The van der Waals surface area contributed by atoms with E-state index in [0.717, 1.165) is 31.4 Å². The molecule has 1 fully saturated rings. The largest absolute Gasteiger partial charge is 0.448 e. The third kappa shape index (κ3) is 2.70. The third-order valence-electron chi connectivity index (χ3n) is 4.36. The summed E-state index contributed by atoms with van der Waals surface area (Å²) >= 11 is 12.1. The van der Waals surface area contributed by atoms with Crippen molar-refractivity contribution in [2.75, 3.05) is 5.32 Å². The van der Waals surface area contributed by atoms with Crippen LogP contribution >= 0.6 is 23.2 Å². The Bertz CT molecular complexity index is 816. The molecule has 2 aromatic rings. The van der Waals surface area contributed by atoms with Crippen LogP contribution in [-0.4, -0.2) is 11.7 Å². The van der Waals surface area contributed by atoms with E-state index in [1.54, 1.807) is 30.3 Å². The number of hydrogen-bond acceptors (Lipinski definition) is 3. The van der Waals surface area contributed by atoms with Crippen LogP contribution in [0.15, 0.2) is 36.4 Å². The highest BCUT2D eigenvalue weighted by molar-refractivity contribution is 6.44. The first-order chi connectivity index (χ1) is 11.6. The van der Waals surface area contributed by atoms with Crippen molar-refractivity contribution in [2.45, 2.75) is 31.5 Å². The lowest BCUT2D eigenvalue weighted by Gasteiger charge is -2.21. The standard InChI is InChI=1S/C18H15Cl2NO3/c19-13-5-3-4-12(16(13)20)17(22)21-11-6-7-14-15(10-11)24-18(23-14)8-1-2-9-18/h3-7,10H,1-2,8-9H2,(H,21,22). The smallest absolute Gasteiger partial charge is 0.257 e. The van der Waals surface area contributed by atoms with Gasteiger partial charge in [-0.05, 0) is 37.1 Å². The summed E-state index contributed by atoms with van der Waals surface area (Å²) in [5.41, 5.74) is 0.947. The molecule has 6 heteroatoms. The lowest BCUT2D eigenvalue weighted by atomic mass is 10.2. The Hall–Kier alpha value is -1.91. The zero-order valence-corrected chi connectivity index (χ0v) is 14.3. The molecule has 1 amide bonds. The summed E-state index contributed by atoms with van der Waals surface area (Å²) in [7, 11) is 0. The summed E-state index contributed by atoms with van der Waals surface area (Å²) in [4.78, 5) is 12.4. The Labute approximate surface area is 149 Å².